The normalized spacial score (nSPS) is 13.1. The van der Waals surface area contributed by atoms with Gasteiger partial charge in [-0.2, -0.15) is 0 Å². The lowest BCUT2D eigenvalue weighted by atomic mass is 9.85. The molecule has 2 rings (SSSR count). The van der Waals surface area contributed by atoms with E-state index in [9.17, 15) is 9.18 Å². The summed E-state index contributed by atoms with van der Waals surface area (Å²) < 4.78 is 15.1. The molecule has 0 aliphatic rings. The first-order valence-corrected chi connectivity index (χ1v) is 6.36. The minimum absolute atomic E-state index is 0.0633. The predicted molar refractivity (Wildman–Crippen MR) is 72.7 cm³/mol. The number of rotatable bonds is 4. The molecule has 0 amide bonds. The number of carbonyl (C=O) groups is 1. The van der Waals surface area contributed by atoms with Crippen molar-refractivity contribution in [3.05, 3.63) is 35.8 Å². The van der Waals surface area contributed by atoms with Crippen molar-refractivity contribution in [1.29, 1.82) is 0 Å². The number of hydrogen-bond donors (Lipinski definition) is 1. The van der Waals surface area contributed by atoms with Gasteiger partial charge in [-0.3, -0.25) is 4.79 Å². The molecular weight excluding hydrogens is 245 g/mol. The highest BCUT2D eigenvalue weighted by atomic mass is 19.1. The zero-order valence-electron chi connectivity index (χ0n) is 11.4. The van der Waals surface area contributed by atoms with Gasteiger partial charge in [0.15, 0.2) is 0 Å². The van der Waals surface area contributed by atoms with Crippen LogP contribution in [0.1, 0.15) is 31.7 Å². The second kappa shape index (κ2) is 5.03. The number of carboxylic acid groups (broad SMARTS) is 1. The van der Waals surface area contributed by atoms with Crippen molar-refractivity contribution in [1.82, 2.24) is 4.57 Å². The summed E-state index contributed by atoms with van der Waals surface area (Å²) in [5.41, 5.74) is 1.78. The molecule has 0 radical (unpaired) electrons. The molecule has 1 aromatic carbocycles. The lowest BCUT2D eigenvalue weighted by Gasteiger charge is -2.18. The van der Waals surface area contributed by atoms with E-state index in [2.05, 4.69) is 0 Å². The molecule has 0 saturated heterocycles. The van der Waals surface area contributed by atoms with Gasteiger partial charge in [-0.25, -0.2) is 4.39 Å². The molecule has 1 atom stereocenters. The van der Waals surface area contributed by atoms with Gasteiger partial charge in [-0.05, 0) is 35.6 Å². The number of hydrogen-bond acceptors (Lipinski definition) is 1. The molecule has 4 heteroatoms. The second-order valence-electron chi connectivity index (χ2n) is 5.31. The van der Waals surface area contributed by atoms with E-state index in [1.54, 1.807) is 6.07 Å². The Balaban J connectivity index is 2.57. The molecular formula is C15H18FNO2. The van der Waals surface area contributed by atoms with E-state index in [0.717, 1.165) is 16.5 Å². The predicted octanol–water partition coefficient (Wildman–Crippen LogP) is 3.53. The maximum atomic E-state index is 13.3. The van der Waals surface area contributed by atoms with E-state index < -0.39 is 5.97 Å². The van der Waals surface area contributed by atoms with Gasteiger partial charge in [-0.15, -0.1) is 0 Å². The molecule has 0 aliphatic heterocycles. The highest BCUT2D eigenvalue weighted by Crippen LogP contribution is 2.34. The topological polar surface area (TPSA) is 42.2 Å². The zero-order valence-corrected chi connectivity index (χ0v) is 11.4. The largest absolute Gasteiger partial charge is 0.481 e. The Morgan fingerprint density at radius 3 is 2.68 bits per heavy atom. The highest BCUT2D eigenvalue weighted by molar-refractivity contribution is 5.85. The van der Waals surface area contributed by atoms with Crippen molar-refractivity contribution in [2.24, 2.45) is 13.0 Å². The summed E-state index contributed by atoms with van der Waals surface area (Å²) in [6.45, 7) is 4.02. The summed E-state index contributed by atoms with van der Waals surface area (Å²) in [6.07, 6.45) is 2.01. The van der Waals surface area contributed by atoms with Crippen LogP contribution in [0.25, 0.3) is 10.9 Å². The number of nitrogens with zero attached hydrogens (tertiary/aromatic N) is 1. The highest BCUT2D eigenvalue weighted by Gasteiger charge is 2.23. The van der Waals surface area contributed by atoms with Crippen LogP contribution in [-0.2, 0) is 11.8 Å². The van der Waals surface area contributed by atoms with Gasteiger partial charge in [0.25, 0.3) is 0 Å². The van der Waals surface area contributed by atoms with Crippen molar-refractivity contribution < 1.29 is 14.3 Å². The number of aliphatic carboxylic acids is 1. The summed E-state index contributed by atoms with van der Waals surface area (Å²) in [6, 6.07) is 4.64. The average molecular weight is 263 g/mol. The number of carboxylic acids is 1. The lowest BCUT2D eigenvalue weighted by molar-refractivity contribution is -0.137. The molecule has 0 aliphatic carbocycles. The van der Waals surface area contributed by atoms with E-state index >= 15 is 0 Å². The van der Waals surface area contributed by atoms with Crippen LogP contribution >= 0.6 is 0 Å². The summed E-state index contributed by atoms with van der Waals surface area (Å²) in [5.74, 6) is -0.934. The summed E-state index contributed by atoms with van der Waals surface area (Å²) in [4.78, 5) is 11.0. The molecule has 2 aromatic rings. The summed E-state index contributed by atoms with van der Waals surface area (Å²) in [5, 5.41) is 9.98. The van der Waals surface area contributed by atoms with Gasteiger partial charge in [-0.1, -0.05) is 13.8 Å². The van der Waals surface area contributed by atoms with Gasteiger partial charge >= 0.3 is 5.97 Å². The fourth-order valence-electron chi connectivity index (χ4n) is 2.58. The van der Waals surface area contributed by atoms with Crippen molar-refractivity contribution in [3.63, 3.8) is 0 Å². The van der Waals surface area contributed by atoms with Crippen LogP contribution in [0.15, 0.2) is 24.4 Å². The molecule has 19 heavy (non-hydrogen) atoms. The minimum Gasteiger partial charge on any atom is -0.481 e. The first-order chi connectivity index (χ1) is 8.90. The Bertz CT molecular complexity index is 616. The minimum atomic E-state index is -0.808. The number of aryl methyl sites for hydroxylation is 1. The molecule has 1 aromatic heterocycles. The monoisotopic (exact) mass is 263 g/mol. The van der Waals surface area contributed by atoms with E-state index in [1.165, 1.54) is 12.1 Å². The van der Waals surface area contributed by atoms with Crippen LogP contribution in [0, 0.1) is 11.7 Å². The Hall–Kier alpha value is -1.84. The third-order valence-corrected chi connectivity index (χ3v) is 3.58. The Labute approximate surface area is 111 Å². The van der Waals surface area contributed by atoms with Crippen LogP contribution in [0.5, 0.6) is 0 Å². The van der Waals surface area contributed by atoms with Crippen LogP contribution in [-0.4, -0.2) is 15.6 Å². The van der Waals surface area contributed by atoms with Crippen molar-refractivity contribution in [3.8, 4) is 0 Å². The Morgan fingerprint density at radius 2 is 2.11 bits per heavy atom. The Morgan fingerprint density at radius 1 is 1.42 bits per heavy atom. The van der Waals surface area contributed by atoms with Gasteiger partial charge in [0.1, 0.15) is 5.82 Å². The molecule has 1 N–H and O–H groups in total. The first-order valence-electron chi connectivity index (χ1n) is 6.36. The summed E-state index contributed by atoms with van der Waals surface area (Å²) >= 11 is 0. The third kappa shape index (κ3) is 2.62. The number of aromatic nitrogens is 1. The smallest absolute Gasteiger partial charge is 0.303 e. The van der Waals surface area contributed by atoms with Crippen molar-refractivity contribution >= 4 is 16.9 Å². The van der Waals surface area contributed by atoms with Gasteiger partial charge in [0, 0.05) is 18.6 Å². The molecule has 0 saturated carbocycles. The van der Waals surface area contributed by atoms with E-state index in [0.29, 0.717) is 0 Å². The van der Waals surface area contributed by atoms with Gasteiger partial charge in [0.05, 0.1) is 11.9 Å². The molecule has 0 spiro atoms. The summed E-state index contributed by atoms with van der Waals surface area (Å²) in [7, 11) is 1.85. The maximum Gasteiger partial charge on any atom is 0.303 e. The second-order valence-corrected chi connectivity index (χ2v) is 5.31. The quantitative estimate of drug-likeness (QED) is 0.916. The third-order valence-electron chi connectivity index (χ3n) is 3.58. The standard InChI is InChI=1S/C15H18FNO2/c1-9(2)12(7-15(18)19)13-8-17(3)14-6-10(16)4-5-11(13)14/h4-6,8-9,12H,7H2,1-3H3,(H,18,19). The van der Waals surface area contributed by atoms with Crippen LogP contribution < -0.4 is 0 Å². The van der Waals surface area contributed by atoms with Gasteiger partial charge < -0.3 is 9.67 Å². The van der Waals surface area contributed by atoms with Crippen LogP contribution in [0.3, 0.4) is 0 Å². The zero-order chi connectivity index (χ0) is 14.2. The fourth-order valence-corrected chi connectivity index (χ4v) is 2.58. The molecule has 3 nitrogen and oxygen atoms in total. The van der Waals surface area contributed by atoms with E-state index in [4.69, 9.17) is 5.11 Å². The molecule has 1 unspecified atom stereocenters. The molecule has 0 fully saturated rings. The average Bonchev–Trinajstić information content (AvgIpc) is 2.63. The fraction of sp³-hybridized carbons (Fsp3) is 0.400. The van der Waals surface area contributed by atoms with Crippen LogP contribution in [0.4, 0.5) is 4.39 Å². The molecule has 0 bridgehead atoms. The van der Waals surface area contributed by atoms with Crippen molar-refractivity contribution in [2.75, 3.05) is 0 Å². The Kier molecular flexibility index (Phi) is 3.60. The lowest BCUT2D eigenvalue weighted by Crippen LogP contribution is -2.11. The number of fused-ring (bicyclic) bond motifs is 1. The molecule has 102 valence electrons. The van der Waals surface area contributed by atoms with Gasteiger partial charge in [0.2, 0.25) is 0 Å². The van der Waals surface area contributed by atoms with Crippen LogP contribution in [0.2, 0.25) is 0 Å². The maximum absolute atomic E-state index is 13.3. The molecule has 1 heterocycles. The van der Waals surface area contributed by atoms with Crippen molar-refractivity contribution in [2.45, 2.75) is 26.2 Å². The van der Waals surface area contributed by atoms with E-state index in [-0.39, 0.29) is 24.1 Å². The first kappa shape index (κ1) is 13.6. The SMILES string of the molecule is CC(C)C(CC(=O)O)c1cn(C)c2cc(F)ccc12. The van der Waals surface area contributed by atoms with E-state index in [1.807, 2.05) is 31.7 Å². The number of benzene rings is 1. The number of halogens is 1.